The third kappa shape index (κ3) is 13.2. The van der Waals surface area contributed by atoms with Crippen molar-refractivity contribution < 1.29 is 27.7 Å². The number of phosphoric acid groups is 1. The van der Waals surface area contributed by atoms with Crippen molar-refractivity contribution in [2.45, 2.75) is 89.9 Å². The highest BCUT2D eigenvalue weighted by atomic mass is 31.2. The van der Waals surface area contributed by atoms with E-state index in [0.717, 1.165) is 50.0 Å². The summed E-state index contributed by atoms with van der Waals surface area (Å²) in [6, 6.07) is 0. The molecule has 6 nitrogen and oxygen atoms in total. The van der Waals surface area contributed by atoms with E-state index in [9.17, 15) is 9.46 Å². The van der Waals surface area contributed by atoms with E-state index in [1.807, 2.05) is 0 Å². The fourth-order valence-electron chi connectivity index (χ4n) is 4.42. The summed E-state index contributed by atoms with van der Waals surface area (Å²) in [5, 5.41) is 0. The predicted octanol–water partition coefficient (Wildman–Crippen LogP) is 5.37. The van der Waals surface area contributed by atoms with Crippen LogP contribution >= 0.6 is 7.82 Å². The van der Waals surface area contributed by atoms with Gasteiger partial charge in [0.15, 0.2) is 0 Å². The van der Waals surface area contributed by atoms with E-state index in [1.54, 1.807) is 5.57 Å². The van der Waals surface area contributed by atoms with E-state index in [0.29, 0.717) is 6.54 Å². The zero-order chi connectivity index (χ0) is 22.3. The van der Waals surface area contributed by atoms with Crippen molar-refractivity contribution in [1.29, 1.82) is 0 Å². The van der Waals surface area contributed by atoms with Crippen molar-refractivity contribution in [1.82, 2.24) is 0 Å². The van der Waals surface area contributed by atoms with Crippen LogP contribution in [-0.4, -0.2) is 57.6 Å². The standard InChI is InChI=1S/C24H46NO5P/c1-25(17-21-28-22-18-25)19-23-30-31(26,27)29-20-13-8-6-4-2-3-5-7-10-14-24-15-11-9-12-16-24/h14H,2-13,15-23H2,1H3. The van der Waals surface area contributed by atoms with E-state index >= 15 is 0 Å². The van der Waals surface area contributed by atoms with E-state index in [4.69, 9.17) is 13.8 Å². The third-order valence-corrected chi connectivity index (χ3v) is 7.71. The van der Waals surface area contributed by atoms with E-state index < -0.39 is 7.82 Å². The van der Waals surface area contributed by atoms with Crippen LogP contribution in [0.15, 0.2) is 11.6 Å². The number of nitrogens with zero attached hydrogens (tertiary/aromatic N) is 1. The highest BCUT2D eigenvalue weighted by Crippen LogP contribution is 2.38. The molecule has 2 fully saturated rings. The normalized spacial score (nSPS) is 21.0. The molecule has 0 aromatic heterocycles. The molecule has 1 atom stereocenters. The van der Waals surface area contributed by atoms with Gasteiger partial charge in [0.2, 0.25) is 0 Å². The molecular weight excluding hydrogens is 413 g/mol. The zero-order valence-corrected chi connectivity index (χ0v) is 20.8. The average Bonchev–Trinajstić information content (AvgIpc) is 2.75. The molecule has 1 aliphatic carbocycles. The van der Waals surface area contributed by atoms with Crippen LogP contribution in [0.2, 0.25) is 0 Å². The number of quaternary nitrogens is 1. The second-order valence-corrected chi connectivity index (χ2v) is 11.0. The molecule has 0 aromatic carbocycles. The maximum atomic E-state index is 11.9. The molecular formula is C24H46NO5P. The molecule has 0 aromatic rings. The van der Waals surface area contributed by atoms with Gasteiger partial charge >= 0.3 is 0 Å². The fraction of sp³-hybridized carbons (Fsp3) is 0.917. The van der Waals surface area contributed by atoms with Crippen molar-refractivity contribution in [3.8, 4) is 0 Å². The monoisotopic (exact) mass is 459 g/mol. The van der Waals surface area contributed by atoms with Crippen LogP contribution in [0, 0.1) is 0 Å². The summed E-state index contributed by atoms with van der Waals surface area (Å²) in [6.45, 7) is 4.30. The first-order valence-electron chi connectivity index (χ1n) is 12.7. The number of unbranched alkanes of at least 4 members (excludes halogenated alkanes) is 8. The Morgan fingerprint density at radius 2 is 1.48 bits per heavy atom. The van der Waals surface area contributed by atoms with Gasteiger partial charge in [0.05, 0.1) is 26.9 Å². The Labute approximate surface area is 190 Å². The molecule has 0 amide bonds. The van der Waals surface area contributed by atoms with Crippen molar-refractivity contribution in [3.05, 3.63) is 11.6 Å². The van der Waals surface area contributed by atoms with Gasteiger partial charge in [-0.1, -0.05) is 56.6 Å². The summed E-state index contributed by atoms with van der Waals surface area (Å²) >= 11 is 0. The molecule has 1 unspecified atom stereocenters. The van der Waals surface area contributed by atoms with Gasteiger partial charge in [-0.2, -0.15) is 0 Å². The lowest BCUT2D eigenvalue weighted by molar-refractivity contribution is -0.916. The Morgan fingerprint density at radius 1 is 0.903 bits per heavy atom. The minimum absolute atomic E-state index is 0.175. The molecule has 1 heterocycles. The molecule has 0 radical (unpaired) electrons. The Morgan fingerprint density at radius 3 is 2.16 bits per heavy atom. The minimum Gasteiger partial charge on any atom is -0.756 e. The van der Waals surface area contributed by atoms with Crippen LogP contribution in [0.1, 0.15) is 89.9 Å². The van der Waals surface area contributed by atoms with Crippen LogP contribution in [0.5, 0.6) is 0 Å². The minimum atomic E-state index is -4.17. The van der Waals surface area contributed by atoms with Gasteiger partial charge in [0.25, 0.3) is 7.82 Å². The fourth-order valence-corrected chi connectivity index (χ4v) is 5.15. The number of rotatable bonds is 16. The summed E-state index contributed by atoms with van der Waals surface area (Å²) in [6.07, 6.45) is 20.1. The number of allylic oxidation sites excluding steroid dienone is 2. The summed E-state index contributed by atoms with van der Waals surface area (Å²) in [4.78, 5) is 11.9. The molecule has 1 aliphatic heterocycles. The molecule has 182 valence electrons. The van der Waals surface area contributed by atoms with Gasteiger partial charge in [-0.25, -0.2) is 0 Å². The van der Waals surface area contributed by atoms with Crippen LogP contribution in [0.4, 0.5) is 0 Å². The summed E-state index contributed by atoms with van der Waals surface area (Å²) in [5.41, 5.74) is 1.70. The summed E-state index contributed by atoms with van der Waals surface area (Å²) < 4.78 is 28.1. The van der Waals surface area contributed by atoms with E-state index in [-0.39, 0.29) is 13.2 Å². The first-order chi connectivity index (χ1) is 15.0. The molecule has 1 saturated carbocycles. The van der Waals surface area contributed by atoms with Crippen molar-refractivity contribution >= 4 is 7.82 Å². The molecule has 0 bridgehead atoms. The lowest BCUT2D eigenvalue weighted by Gasteiger charge is -2.37. The van der Waals surface area contributed by atoms with Gasteiger partial charge in [-0.05, 0) is 44.9 Å². The quantitative estimate of drug-likeness (QED) is 0.134. The number of likely N-dealkylation sites (N-methyl/N-ethyl adjacent to an activating group) is 1. The first-order valence-corrected chi connectivity index (χ1v) is 14.1. The molecule has 0 spiro atoms. The van der Waals surface area contributed by atoms with Gasteiger partial charge in [0, 0.05) is 0 Å². The summed E-state index contributed by atoms with van der Waals surface area (Å²) in [5.74, 6) is 0. The molecule has 1 saturated heterocycles. The topological polar surface area (TPSA) is 67.8 Å². The highest BCUT2D eigenvalue weighted by molar-refractivity contribution is 7.45. The Kier molecular flexibility index (Phi) is 13.6. The van der Waals surface area contributed by atoms with E-state index in [1.165, 1.54) is 70.6 Å². The number of hydrogen-bond donors (Lipinski definition) is 0. The molecule has 31 heavy (non-hydrogen) atoms. The van der Waals surface area contributed by atoms with Crippen LogP contribution < -0.4 is 4.89 Å². The SMILES string of the molecule is C[N+]1(CCOP(=O)([O-])OCCCCCCCCCCC=C2CCCCC2)CCOCC1. The molecule has 0 N–H and O–H groups in total. The Balaban J connectivity index is 1.36. The third-order valence-electron chi connectivity index (χ3n) is 6.71. The molecule has 2 rings (SSSR count). The van der Waals surface area contributed by atoms with Crippen LogP contribution in [0.3, 0.4) is 0 Å². The zero-order valence-electron chi connectivity index (χ0n) is 19.9. The second kappa shape index (κ2) is 15.6. The number of hydrogen-bond acceptors (Lipinski definition) is 5. The van der Waals surface area contributed by atoms with Crippen molar-refractivity contribution in [2.24, 2.45) is 0 Å². The van der Waals surface area contributed by atoms with Crippen LogP contribution in [0.25, 0.3) is 0 Å². The lowest BCUT2D eigenvalue weighted by Crippen LogP contribution is -2.53. The Bertz CT molecular complexity index is 540. The molecule has 2 aliphatic rings. The molecule has 7 heteroatoms. The Hall–Kier alpha value is -0.230. The average molecular weight is 460 g/mol. The predicted molar refractivity (Wildman–Crippen MR) is 124 cm³/mol. The van der Waals surface area contributed by atoms with Crippen molar-refractivity contribution in [2.75, 3.05) is 53.1 Å². The van der Waals surface area contributed by atoms with Gasteiger partial charge < -0.3 is 23.2 Å². The summed E-state index contributed by atoms with van der Waals surface area (Å²) in [7, 11) is -2.06. The smallest absolute Gasteiger partial charge is 0.268 e. The van der Waals surface area contributed by atoms with Gasteiger partial charge in [-0.3, -0.25) is 4.57 Å². The first kappa shape index (κ1) is 27.0. The number of ether oxygens (including phenoxy) is 1. The van der Waals surface area contributed by atoms with E-state index in [2.05, 4.69) is 13.1 Å². The maximum absolute atomic E-state index is 11.9. The maximum Gasteiger partial charge on any atom is 0.268 e. The lowest BCUT2D eigenvalue weighted by atomic mass is 9.94. The van der Waals surface area contributed by atoms with Crippen LogP contribution in [-0.2, 0) is 18.3 Å². The highest BCUT2D eigenvalue weighted by Gasteiger charge is 2.25. The number of phosphoric ester groups is 1. The largest absolute Gasteiger partial charge is 0.756 e. The van der Waals surface area contributed by atoms with Gasteiger partial charge in [0.1, 0.15) is 26.2 Å². The second-order valence-electron chi connectivity index (χ2n) is 9.56. The number of morpholine rings is 1. The van der Waals surface area contributed by atoms with Crippen molar-refractivity contribution in [3.63, 3.8) is 0 Å². The van der Waals surface area contributed by atoms with Gasteiger partial charge in [-0.15, -0.1) is 0 Å².